The quantitative estimate of drug-likeness (QED) is 0.620. The van der Waals surface area contributed by atoms with Crippen LogP contribution in [-0.4, -0.2) is 17.0 Å². The van der Waals surface area contributed by atoms with Gasteiger partial charge in [0.2, 0.25) is 0 Å². The van der Waals surface area contributed by atoms with Crippen molar-refractivity contribution < 1.29 is 24.2 Å². The maximum Gasteiger partial charge on any atom is 0.308 e. The van der Waals surface area contributed by atoms with Gasteiger partial charge in [0.05, 0.1) is 0 Å². The summed E-state index contributed by atoms with van der Waals surface area (Å²) >= 11 is 0. The van der Waals surface area contributed by atoms with Crippen LogP contribution in [0.2, 0.25) is 0 Å². The molecule has 1 aromatic carbocycles. The van der Waals surface area contributed by atoms with Gasteiger partial charge in [0.25, 0.3) is 0 Å². The summed E-state index contributed by atoms with van der Waals surface area (Å²) < 4.78 is 9.66. The molecule has 1 aromatic rings. The number of esters is 2. The molecule has 0 atom stereocenters. The predicted octanol–water partition coefficient (Wildman–Crippen LogP) is 1.38. The van der Waals surface area contributed by atoms with E-state index in [1.165, 1.54) is 32.0 Å². The molecular weight excluding hydrogens is 212 g/mol. The minimum absolute atomic E-state index is 0.0121. The Morgan fingerprint density at radius 2 is 1.94 bits per heavy atom. The first-order chi connectivity index (χ1) is 7.49. The van der Waals surface area contributed by atoms with Crippen molar-refractivity contribution in [1.82, 2.24) is 0 Å². The lowest BCUT2D eigenvalue weighted by Gasteiger charge is -2.09. The van der Waals surface area contributed by atoms with E-state index in [0.717, 1.165) is 0 Å². The molecule has 0 fully saturated rings. The molecule has 5 heteroatoms. The van der Waals surface area contributed by atoms with Gasteiger partial charge in [-0.25, -0.2) is 0 Å². The molecule has 1 N–H and O–H groups in total. The second-order valence-electron chi connectivity index (χ2n) is 3.17. The van der Waals surface area contributed by atoms with Crippen molar-refractivity contribution in [1.29, 1.82) is 0 Å². The highest BCUT2D eigenvalue weighted by atomic mass is 16.5. The normalized spacial score (nSPS) is 9.62. The van der Waals surface area contributed by atoms with Gasteiger partial charge in [-0.2, -0.15) is 0 Å². The van der Waals surface area contributed by atoms with Crippen LogP contribution in [0.15, 0.2) is 18.2 Å². The summed E-state index contributed by atoms with van der Waals surface area (Å²) in [7, 11) is 0. The maximum atomic E-state index is 10.8. The minimum Gasteiger partial charge on any atom is -0.508 e. The van der Waals surface area contributed by atoms with Crippen LogP contribution in [0.4, 0.5) is 0 Å². The van der Waals surface area contributed by atoms with Gasteiger partial charge in [0, 0.05) is 19.4 Å². The van der Waals surface area contributed by atoms with E-state index in [9.17, 15) is 14.7 Å². The standard InChI is InChI=1S/C11H12O5/c1-7(12)15-6-9-5-10(14)3-4-11(9)16-8(2)13/h3-5,14H,6H2,1-2H3. The number of ether oxygens (including phenoxy) is 2. The SMILES string of the molecule is CC(=O)OCc1cc(O)ccc1OC(C)=O. The number of aromatic hydroxyl groups is 1. The van der Waals surface area contributed by atoms with Crippen LogP contribution in [0.5, 0.6) is 11.5 Å². The Bertz CT molecular complexity index is 411. The molecule has 0 unspecified atom stereocenters. The monoisotopic (exact) mass is 224 g/mol. The molecule has 0 saturated heterocycles. The van der Waals surface area contributed by atoms with E-state index >= 15 is 0 Å². The molecule has 0 heterocycles. The van der Waals surface area contributed by atoms with Crippen molar-refractivity contribution in [2.24, 2.45) is 0 Å². The third-order valence-corrected chi connectivity index (χ3v) is 1.73. The summed E-state index contributed by atoms with van der Waals surface area (Å²) in [6.45, 7) is 2.49. The van der Waals surface area contributed by atoms with Crippen LogP contribution < -0.4 is 4.74 Å². The zero-order chi connectivity index (χ0) is 12.1. The molecule has 0 aliphatic heterocycles. The fourth-order valence-corrected chi connectivity index (χ4v) is 1.11. The van der Waals surface area contributed by atoms with Crippen molar-refractivity contribution in [3.8, 4) is 11.5 Å². The van der Waals surface area contributed by atoms with E-state index < -0.39 is 11.9 Å². The Morgan fingerprint density at radius 1 is 1.25 bits per heavy atom. The average molecular weight is 224 g/mol. The summed E-state index contributed by atoms with van der Waals surface area (Å²) in [5.74, 6) is -0.642. The molecule has 16 heavy (non-hydrogen) atoms. The van der Waals surface area contributed by atoms with Gasteiger partial charge in [-0.05, 0) is 18.2 Å². The molecule has 0 amide bonds. The zero-order valence-corrected chi connectivity index (χ0v) is 9.02. The zero-order valence-electron chi connectivity index (χ0n) is 9.02. The summed E-state index contributed by atoms with van der Waals surface area (Å²) in [4.78, 5) is 21.4. The first-order valence-electron chi connectivity index (χ1n) is 4.62. The van der Waals surface area contributed by atoms with E-state index in [2.05, 4.69) is 0 Å². The summed E-state index contributed by atoms with van der Waals surface area (Å²) in [6, 6.07) is 4.20. The topological polar surface area (TPSA) is 72.8 Å². The second kappa shape index (κ2) is 5.16. The highest BCUT2D eigenvalue weighted by Crippen LogP contribution is 2.24. The number of rotatable bonds is 3. The van der Waals surface area contributed by atoms with Crippen LogP contribution in [0.1, 0.15) is 19.4 Å². The molecule has 0 aliphatic rings. The van der Waals surface area contributed by atoms with Gasteiger partial charge in [0.1, 0.15) is 18.1 Å². The van der Waals surface area contributed by atoms with Crippen LogP contribution in [0, 0.1) is 0 Å². The van der Waals surface area contributed by atoms with Gasteiger partial charge < -0.3 is 14.6 Å². The lowest BCUT2D eigenvalue weighted by Crippen LogP contribution is -2.06. The van der Waals surface area contributed by atoms with E-state index in [1.54, 1.807) is 0 Å². The number of phenolic OH excluding ortho intramolecular Hbond substituents is 1. The predicted molar refractivity (Wildman–Crippen MR) is 54.9 cm³/mol. The summed E-state index contributed by atoms with van der Waals surface area (Å²) in [6.07, 6.45) is 0. The van der Waals surface area contributed by atoms with Gasteiger partial charge in [-0.15, -0.1) is 0 Å². The summed E-state index contributed by atoms with van der Waals surface area (Å²) in [5, 5.41) is 9.26. The lowest BCUT2D eigenvalue weighted by atomic mass is 10.2. The van der Waals surface area contributed by atoms with E-state index in [-0.39, 0.29) is 18.1 Å². The molecule has 1 rings (SSSR count). The molecule has 86 valence electrons. The van der Waals surface area contributed by atoms with Gasteiger partial charge in [0.15, 0.2) is 0 Å². The van der Waals surface area contributed by atoms with Crippen LogP contribution in [-0.2, 0) is 20.9 Å². The minimum atomic E-state index is -0.477. The first kappa shape index (κ1) is 12.0. The molecule has 0 bridgehead atoms. The molecule has 0 spiro atoms. The number of phenols is 1. The Hall–Kier alpha value is -2.04. The van der Waals surface area contributed by atoms with Crippen molar-refractivity contribution >= 4 is 11.9 Å². The van der Waals surface area contributed by atoms with Gasteiger partial charge in [-0.3, -0.25) is 9.59 Å². The molecule has 0 aromatic heterocycles. The van der Waals surface area contributed by atoms with Crippen LogP contribution >= 0.6 is 0 Å². The molecule has 0 aliphatic carbocycles. The third-order valence-electron chi connectivity index (χ3n) is 1.73. The number of benzene rings is 1. The average Bonchev–Trinajstić information content (AvgIpc) is 2.17. The van der Waals surface area contributed by atoms with Gasteiger partial charge in [-0.1, -0.05) is 0 Å². The number of hydrogen-bond donors (Lipinski definition) is 1. The second-order valence-corrected chi connectivity index (χ2v) is 3.17. The molecule has 5 nitrogen and oxygen atoms in total. The lowest BCUT2D eigenvalue weighted by molar-refractivity contribution is -0.142. The Morgan fingerprint density at radius 3 is 2.50 bits per heavy atom. The van der Waals surface area contributed by atoms with Gasteiger partial charge >= 0.3 is 11.9 Å². The summed E-state index contributed by atoms with van der Waals surface area (Å²) in [5.41, 5.74) is 0.436. The first-order valence-corrected chi connectivity index (χ1v) is 4.62. The Kier molecular flexibility index (Phi) is 3.88. The van der Waals surface area contributed by atoms with Crippen molar-refractivity contribution in [3.05, 3.63) is 23.8 Å². The molecular formula is C11H12O5. The number of carbonyl (C=O) groups excluding carboxylic acids is 2. The van der Waals surface area contributed by atoms with Crippen LogP contribution in [0.25, 0.3) is 0 Å². The highest BCUT2D eigenvalue weighted by molar-refractivity contribution is 5.70. The third kappa shape index (κ3) is 3.61. The van der Waals surface area contributed by atoms with Crippen molar-refractivity contribution in [2.75, 3.05) is 0 Å². The Balaban J connectivity index is 2.89. The van der Waals surface area contributed by atoms with Crippen molar-refractivity contribution in [3.63, 3.8) is 0 Å². The maximum absolute atomic E-state index is 10.8. The highest BCUT2D eigenvalue weighted by Gasteiger charge is 2.08. The van der Waals surface area contributed by atoms with Crippen LogP contribution in [0.3, 0.4) is 0 Å². The number of hydrogen-bond acceptors (Lipinski definition) is 5. The van der Waals surface area contributed by atoms with E-state index in [1.807, 2.05) is 0 Å². The fourth-order valence-electron chi connectivity index (χ4n) is 1.11. The molecule has 0 saturated carbocycles. The van der Waals surface area contributed by atoms with Crippen molar-refractivity contribution in [2.45, 2.75) is 20.5 Å². The Labute approximate surface area is 92.6 Å². The van der Waals surface area contributed by atoms with E-state index in [4.69, 9.17) is 9.47 Å². The van der Waals surface area contributed by atoms with E-state index in [0.29, 0.717) is 5.56 Å². The smallest absolute Gasteiger partial charge is 0.308 e. The largest absolute Gasteiger partial charge is 0.508 e. The number of carbonyl (C=O) groups is 2. The molecule has 0 radical (unpaired) electrons. The fraction of sp³-hybridized carbons (Fsp3) is 0.273.